The lowest BCUT2D eigenvalue weighted by Gasteiger charge is -2.20. The summed E-state index contributed by atoms with van der Waals surface area (Å²) >= 11 is 1.83. The first-order valence-electron chi connectivity index (χ1n) is 15.0. The predicted molar refractivity (Wildman–Crippen MR) is 183 cm³/mol. The number of benzene rings is 6. The maximum absolute atomic E-state index is 5.24. The van der Waals surface area contributed by atoms with Crippen LogP contribution in [-0.2, 0) is 0 Å². The molecular weight excluding hydrogens is 571 g/mol. The van der Waals surface area contributed by atoms with Crippen molar-refractivity contribution >= 4 is 55.4 Å². The van der Waals surface area contributed by atoms with Crippen LogP contribution in [0, 0.1) is 0 Å². The Kier molecular flexibility index (Phi) is 5.15. The van der Waals surface area contributed by atoms with Crippen LogP contribution in [-0.4, -0.2) is 24.1 Å². The summed E-state index contributed by atoms with van der Waals surface area (Å²) in [6.45, 7) is 0. The van der Waals surface area contributed by atoms with Crippen LogP contribution in [0.15, 0.2) is 149 Å². The van der Waals surface area contributed by atoms with Crippen molar-refractivity contribution in [2.75, 3.05) is 0 Å². The second-order valence-corrected chi connectivity index (χ2v) is 12.4. The zero-order valence-corrected chi connectivity index (χ0v) is 24.7. The van der Waals surface area contributed by atoms with Crippen molar-refractivity contribution in [3.05, 3.63) is 140 Å². The van der Waals surface area contributed by atoms with E-state index in [0.29, 0.717) is 17.6 Å². The van der Waals surface area contributed by atoms with E-state index in [1.807, 2.05) is 30.0 Å². The summed E-state index contributed by atoms with van der Waals surface area (Å²) in [6, 6.07) is 48.9. The first kappa shape index (κ1) is 24.7. The van der Waals surface area contributed by atoms with Gasteiger partial charge in [0.05, 0.1) is 16.7 Å². The van der Waals surface area contributed by atoms with E-state index < -0.39 is 0 Å². The van der Waals surface area contributed by atoms with E-state index in [9.17, 15) is 0 Å². The summed E-state index contributed by atoms with van der Waals surface area (Å²) < 4.78 is 4.65. The van der Waals surface area contributed by atoms with Gasteiger partial charge < -0.3 is 0 Å². The summed E-state index contributed by atoms with van der Waals surface area (Å²) in [5.74, 6) is 1.87. The van der Waals surface area contributed by atoms with Crippen molar-refractivity contribution in [2.45, 2.75) is 9.79 Å². The minimum absolute atomic E-state index is 0.592. The van der Waals surface area contributed by atoms with E-state index >= 15 is 0 Å². The van der Waals surface area contributed by atoms with Gasteiger partial charge in [-0.1, -0.05) is 121 Å². The number of nitrogens with zero attached hydrogens (tertiary/aromatic N) is 5. The molecule has 1 aliphatic heterocycles. The Morgan fingerprint density at radius 3 is 2.11 bits per heavy atom. The maximum Gasteiger partial charge on any atom is 0.239 e. The summed E-state index contributed by atoms with van der Waals surface area (Å²) in [4.78, 5) is 18.0. The zero-order chi connectivity index (χ0) is 29.5. The smallest absolute Gasteiger partial charge is 0.239 e. The fraction of sp³-hybridized carbons (Fsp3) is 0. The molecule has 6 heteroatoms. The van der Waals surface area contributed by atoms with E-state index in [0.717, 1.165) is 33.4 Å². The molecule has 0 aliphatic carbocycles. The fourth-order valence-electron chi connectivity index (χ4n) is 6.77. The molecule has 0 unspecified atom stereocenters. The molecule has 10 rings (SSSR count). The standard InChI is InChI=1S/C39H23N5S/c1-2-12-25(13-3-1)36-40-37(27-22-21-24-11-4-5-14-26(24)23-27)42-39(41-36)44-30-17-7-6-15-28(30)34-29-16-10-20-33-35(29)43(38(34)44)31-18-8-9-19-32(31)45-33/h1-23H. The van der Waals surface area contributed by atoms with Gasteiger partial charge in [0.2, 0.25) is 5.95 Å². The van der Waals surface area contributed by atoms with Crippen molar-refractivity contribution in [3.8, 4) is 34.4 Å². The molecule has 0 amide bonds. The highest BCUT2D eigenvalue weighted by Gasteiger charge is 2.28. The molecule has 5 nitrogen and oxygen atoms in total. The average Bonchev–Trinajstić information content (AvgIpc) is 3.62. The lowest BCUT2D eigenvalue weighted by molar-refractivity contribution is 0.927. The molecule has 45 heavy (non-hydrogen) atoms. The maximum atomic E-state index is 5.24. The molecule has 210 valence electrons. The fourth-order valence-corrected chi connectivity index (χ4v) is 7.86. The highest BCUT2D eigenvalue weighted by molar-refractivity contribution is 7.99. The Bertz CT molecular complexity index is 2630. The first-order chi connectivity index (χ1) is 22.3. The van der Waals surface area contributed by atoms with E-state index in [-0.39, 0.29) is 0 Å². The molecule has 0 bridgehead atoms. The molecule has 1 aliphatic rings. The molecule has 0 atom stereocenters. The number of aromatic nitrogens is 5. The Morgan fingerprint density at radius 2 is 1.20 bits per heavy atom. The topological polar surface area (TPSA) is 48.5 Å². The van der Waals surface area contributed by atoms with Gasteiger partial charge in [0.15, 0.2) is 11.6 Å². The van der Waals surface area contributed by atoms with Gasteiger partial charge in [-0.25, -0.2) is 4.98 Å². The second kappa shape index (κ2) is 9.39. The summed E-state index contributed by atoms with van der Waals surface area (Å²) in [5, 5.41) is 5.94. The minimum Gasteiger partial charge on any atom is -0.293 e. The predicted octanol–water partition coefficient (Wildman–Crippen LogP) is 9.86. The van der Waals surface area contributed by atoms with Gasteiger partial charge in [-0.2, -0.15) is 9.97 Å². The van der Waals surface area contributed by atoms with Crippen molar-refractivity contribution < 1.29 is 0 Å². The third-order valence-corrected chi connectivity index (χ3v) is 9.86. The average molecular weight is 594 g/mol. The zero-order valence-electron chi connectivity index (χ0n) is 23.9. The van der Waals surface area contributed by atoms with E-state index in [4.69, 9.17) is 15.0 Å². The van der Waals surface area contributed by atoms with Gasteiger partial charge in [0.1, 0.15) is 5.65 Å². The largest absolute Gasteiger partial charge is 0.293 e. The monoisotopic (exact) mass is 593 g/mol. The molecule has 0 saturated heterocycles. The Balaban J connectivity index is 1.35. The van der Waals surface area contributed by atoms with Crippen LogP contribution in [0.5, 0.6) is 0 Å². The molecule has 0 saturated carbocycles. The summed E-state index contributed by atoms with van der Waals surface area (Å²) in [6.07, 6.45) is 0. The van der Waals surface area contributed by atoms with E-state index in [1.54, 1.807) is 0 Å². The SMILES string of the molecule is c1ccc(-c2nc(-c3ccc4ccccc4c3)nc(-n3c4ccccc4c4c5cccc6c5n(c43)-c3ccccc3S6)n2)cc1. The molecule has 4 heterocycles. The normalized spacial score (nSPS) is 12.4. The minimum atomic E-state index is 0.592. The van der Waals surface area contributed by atoms with Crippen LogP contribution in [0.3, 0.4) is 0 Å². The van der Waals surface area contributed by atoms with E-state index in [2.05, 4.69) is 130 Å². The third kappa shape index (κ3) is 3.60. The van der Waals surface area contributed by atoms with Crippen LogP contribution in [0.25, 0.3) is 78.0 Å². The van der Waals surface area contributed by atoms with Crippen molar-refractivity contribution in [1.82, 2.24) is 24.1 Å². The number of hydrogen-bond acceptors (Lipinski definition) is 4. The quantitative estimate of drug-likeness (QED) is 0.205. The second-order valence-electron chi connectivity index (χ2n) is 11.3. The van der Waals surface area contributed by atoms with Crippen molar-refractivity contribution in [1.29, 1.82) is 0 Å². The molecule has 3 aromatic heterocycles. The number of hydrogen-bond donors (Lipinski definition) is 0. The van der Waals surface area contributed by atoms with Gasteiger partial charge in [-0.15, -0.1) is 0 Å². The van der Waals surface area contributed by atoms with Gasteiger partial charge >= 0.3 is 0 Å². The Hall–Kier alpha value is -5.72. The number of rotatable bonds is 3. The molecule has 6 aromatic carbocycles. The summed E-state index contributed by atoms with van der Waals surface area (Å²) in [5.41, 5.74) is 6.40. The number of fused-ring (bicyclic) bond motifs is 8. The van der Waals surface area contributed by atoms with Crippen LogP contribution >= 0.6 is 11.8 Å². The van der Waals surface area contributed by atoms with Crippen molar-refractivity contribution in [2.24, 2.45) is 0 Å². The number of para-hydroxylation sites is 3. The molecule has 0 fully saturated rings. The molecule has 0 spiro atoms. The van der Waals surface area contributed by atoms with Gasteiger partial charge in [-0.3, -0.25) is 9.13 Å². The molecular formula is C39H23N5S. The first-order valence-corrected chi connectivity index (χ1v) is 15.8. The van der Waals surface area contributed by atoms with Crippen LogP contribution < -0.4 is 0 Å². The van der Waals surface area contributed by atoms with Crippen molar-refractivity contribution in [3.63, 3.8) is 0 Å². The van der Waals surface area contributed by atoms with Gasteiger partial charge in [-0.05, 0) is 41.1 Å². The Labute approximate surface area is 262 Å². The van der Waals surface area contributed by atoms with Gasteiger partial charge in [0, 0.05) is 37.1 Å². The third-order valence-electron chi connectivity index (χ3n) is 8.74. The summed E-state index contributed by atoms with van der Waals surface area (Å²) in [7, 11) is 0. The molecule has 0 N–H and O–H groups in total. The Morgan fingerprint density at radius 1 is 0.489 bits per heavy atom. The highest BCUT2D eigenvalue weighted by Crippen LogP contribution is 2.49. The van der Waals surface area contributed by atoms with Crippen LogP contribution in [0.4, 0.5) is 0 Å². The van der Waals surface area contributed by atoms with E-state index in [1.165, 1.54) is 36.9 Å². The molecule has 9 aromatic rings. The van der Waals surface area contributed by atoms with Crippen LogP contribution in [0.2, 0.25) is 0 Å². The highest BCUT2D eigenvalue weighted by atomic mass is 32.2. The van der Waals surface area contributed by atoms with Gasteiger partial charge in [0.25, 0.3) is 0 Å². The lowest BCUT2D eigenvalue weighted by Crippen LogP contribution is -2.10. The van der Waals surface area contributed by atoms with Crippen LogP contribution in [0.1, 0.15) is 0 Å². The molecule has 0 radical (unpaired) electrons. The lowest BCUT2D eigenvalue weighted by atomic mass is 10.1.